The third-order valence-corrected chi connectivity index (χ3v) is 4.18. The number of benzene rings is 1. The SMILES string of the molecule is CN=C(NCc1cccc(OCC(F)F)c1)NCc1ccc(C)s1.I. The van der Waals surface area contributed by atoms with Crippen LogP contribution in [0.15, 0.2) is 41.4 Å². The van der Waals surface area contributed by atoms with Crippen LogP contribution in [-0.2, 0) is 13.1 Å². The van der Waals surface area contributed by atoms with Gasteiger partial charge in [-0.25, -0.2) is 8.78 Å². The first-order valence-corrected chi connectivity index (χ1v) is 8.38. The lowest BCUT2D eigenvalue weighted by Crippen LogP contribution is -2.36. The summed E-state index contributed by atoms with van der Waals surface area (Å²) < 4.78 is 29.4. The summed E-state index contributed by atoms with van der Waals surface area (Å²) in [6, 6.07) is 11.3. The Labute approximate surface area is 167 Å². The molecule has 0 unspecified atom stereocenters. The zero-order chi connectivity index (χ0) is 17.4. The van der Waals surface area contributed by atoms with E-state index in [4.69, 9.17) is 4.74 Å². The Morgan fingerprint density at radius 1 is 1.20 bits per heavy atom. The first-order valence-electron chi connectivity index (χ1n) is 7.56. The first-order chi connectivity index (χ1) is 11.6. The molecule has 0 aliphatic heterocycles. The number of nitrogens with one attached hydrogen (secondary N) is 2. The van der Waals surface area contributed by atoms with Crippen LogP contribution in [-0.4, -0.2) is 26.0 Å². The summed E-state index contributed by atoms with van der Waals surface area (Å²) in [5.74, 6) is 1.12. The van der Waals surface area contributed by atoms with E-state index < -0.39 is 13.0 Å². The van der Waals surface area contributed by atoms with Crippen LogP contribution in [0, 0.1) is 6.92 Å². The lowest BCUT2D eigenvalue weighted by molar-refractivity contribution is 0.0818. The summed E-state index contributed by atoms with van der Waals surface area (Å²) in [4.78, 5) is 6.68. The second-order valence-electron chi connectivity index (χ2n) is 5.14. The molecule has 1 heterocycles. The van der Waals surface area contributed by atoms with Gasteiger partial charge in [-0.15, -0.1) is 35.3 Å². The van der Waals surface area contributed by atoms with E-state index in [0.29, 0.717) is 24.8 Å². The number of halogens is 3. The molecule has 0 spiro atoms. The maximum atomic E-state index is 12.2. The Balaban J connectivity index is 0.00000312. The average Bonchev–Trinajstić information content (AvgIpc) is 2.99. The van der Waals surface area contributed by atoms with Crippen molar-refractivity contribution in [2.75, 3.05) is 13.7 Å². The predicted molar refractivity (Wildman–Crippen MR) is 109 cm³/mol. The molecular formula is C17H22F2IN3OS. The number of hydrogen-bond acceptors (Lipinski definition) is 3. The van der Waals surface area contributed by atoms with Crippen LogP contribution < -0.4 is 15.4 Å². The van der Waals surface area contributed by atoms with Gasteiger partial charge in [-0.05, 0) is 36.8 Å². The van der Waals surface area contributed by atoms with Crippen molar-refractivity contribution in [3.63, 3.8) is 0 Å². The fourth-order valence-electron chi connectivity index (χ4n) is 2.06. The molecule has 4 nitrogen and oxygen atoms in total. The fraction of sp³-hybridized carbons (Fsp3) is 0.353. The van der Waals surface area contributed by atoms with Crippen molar-refractivity contribution in [1.82, 2.24) is 10.6 Å². The van der Waals surface area contributed by atoms with Gasteiger partial charge in [-0.1, -0.05) is 12.1 Å². The summed E-state index contributed by atoms with van der Waals surface area (Å²) in [6.07, 6.45) is -2.48. The van der Waals surface area contributed by atoms with Crippen molar-refractivity contribution in [2.24, 2.45) is 4.99 Å². The summed E-state index contributed by atoms with van der Waals surface area (Å²) in [5, 5.41) is 6.44. The minimum absolute atomic E-state index is 0. The van der Waals surface area contributed by atoms with Gasteiger partial charge in [0.1, 0.15) is 12.4 Å². The van der Waals surface area contributed by atoms with Crippen LogP contribution >= 0.6 is 35.3 Å². The lowest BCUT2D eigenvalue weighted by Gasteiger charge is -2.12. The van der Waals surface area contributed by atoms with E-state index in [1.165, 1.54) is 9.75 Å². The van der Waals surface area contributed by atoms with Gasteiger partial charge in [0, 0.05) is 23.3 Å². The molecule has 0 aliphatic rings. The monoisotopic (exact) mass is 481 g/mol. The van der Waals surface area contributed by atoms with Crippen LogP contribution in [0.3, 0.4) is 0 Å². The van der Waals surface area contributed by atoms with Crippen molar-refractivity contribution in [3.8, 4) is 5.75 Å². The summed E-state index contributed by atoms with van der Waals surface area (Å²) in [7, 11) is 1.71. The van der Waals surface area contributed by atoms with E-state index >= 15 is 0 Å². The molecule has 2 N–H and O–H groups in total. The predicted octanol–water partition coefficient (Wildman–Crippen LogP) is 4.18. The van der Waals surface area contributed by atoms with Crippen LogP contribution in [0.2, 0.25) is 0 Å². The van der Waals surface area contributed by atoms with Crippen molar-refractivity contribution in [1.29, 1.82) is 0 Å². The van der Waals surface area contributed by atoms with Crippen LogP contribution in [0.1, 0.15) is 15.3 Å². The van der Waals surface area contributed by atoms with Gasteiger partial charge in [-0.3, -0.25) is 4.99 Å². The van der Waals surface area contributed by atoms with Gasteiger partial charge in [0.2, 0.25) is 0 Å². The molecule has 25 heavy (non-hydrogen) atoms. The third-order valence-electron chi connectivity index (χ3n) is 3.18. The minimum Gasteiger partial charge on any atom is -0.488 e. The van der Waals surface area contributed by atoms with E-state index in [-0.39, 0.29) is 24.0 Å². The molecule has 138 valence electrons. The molecule has 0 saturated carbocycles. The largest absolute Gasteiger partial charge is 0.488 e. The number of hydrogen-bond donors (Lipinski definition) is 2. The van der Waals surface area contributed by atoms with E-state index in [9.17, 15) is 8.78 Å². The van der Waals surface area contributed by atoms with E-state index in [0.717, 1.165) is 5.56 Å². The van der Waals surface area contributed by atoms with Gasteiger partial charge in [-0.2, -0.15) is 0 Å². The summed E-state index contributed by atoms with van der Waals surface area (Å²) >= 11 is 1.74. The zero-order valence-corrected chi connectivity index (χ0v) is 17.2. The quantitative estimate of drug-likeness (QED) is 0.355. The van der Waals surface area contributed by atoms with Crippen LogP contribution in [0.4, 0.5) is 8.78 Å². The standard InChI is InChI=1S/C17H21F2N3OS.HI/c1-12-6-7-15(24-12)10-22-17(20-2)21-9-13-4-3-5-14(8-13)23-11-16(18)19;/h3-8,16H,9-11H2,1-2H3,(H2,20,21,22);1H. The lowest BCUT2D eigenvalue weighted by atomic mass is 10.2. The highest BCUT2D eigenvalue weighted by molar-refractivity contribution is 14.0. The van der Waals surface area contributed by atoms with Gasteiger partial charge < -0.3 is 15.4 Å². The number of aliphatic imine (C=N–C) groups is 1. The van der Waals surface area contributed by atoms with Crippen molar-refractivity contribution in [2.45, 2.75) is 26.4 Å². The van der Waals surface area contributed by atoms with Gasteiger partial charge in [0.25, 0.3) is 6.43 Å². The molecule has 0 saturated heterocycles. The third kappa shape index (κ3) is 8.00. The van der Waals surface area contributed by atoms with Crippen LogP contribution in [0.25, 0.3) is 0 Å². The number of nitrogens with zero attached hydrogens (tertiary/aromatic N) is 1. The van der Waals surface area contributed by atoms with Crippen molar-refractivity contribution < 1.29 is 13.5 Å². The first kappa shape index (κ1) is 21.6. The zero-order valence-electron chi connectivity index (χ0n) is 14.1. The second-order valence-corrected chi connectivity index (χ2v) is 6.51. The molecule has 2 aromatic rings. The average molecular weight is 481 g/mol. The molecule has 2 rings (SSSR count). The molecule has 1 aromatic heterocycles. The topological polar surface area (TPSA) is 45.7 Å². The number of alkyl halides is 2. The molecule has 0 fully saturated rings. The number of rotatable bonds is 7. The van der Waals surface area contributed by atoms with Gasteiger partial charge in [0.05, 0.1) is 6.54 Å². The smallest absolute Gasteiger partial charge is 0.272 e. The van der Waals surface area contributed by atoms with E-state index in [1.807, 2.05) is 6.07 Å². The Morgan fingerprint density at radius 3 is 2.60 bits per heavy atom. The highest BCUT2D eigenvalue weighted by Crippen LogP contribution is 2.15. The number of thiophene rings is 1. The maximum absolute atomic E-state index is 12.2. The molecule has 0 amide bonds. The Morgan fingerprint density at radius 2 is 1.96 bits per heavy atom. The van der Waals surface area contributed by atoms with E-state index in [2.05, 4.69) is 34.7 Å². The molecule has 0 radical (unpaired) electrons. The fourth-order valence-corrected chi connectivity index (χ4v) is 2.89. The second kappa shape index (κ2) is 11.2. The molecule has 8 heteroatoms. The van der Waals surface area contributed by atoms with Gasteiger partial charge >= 0.3 is 0 Å². The molecule has 0 bridgehead atoms. The summed E-state index contributed by atoms with van der Waals surface area (Å²) in [5.41, 5.74) is 0.927. The number of guanidine groups is 1. The number of aryl methyl sites for hydroxylation is 1. The molecular weight excluding hydrogens is 459 g/mol. The minimum atomic E-state index is -2.48. The Hall–Kier alpha value is -1.42. The van der Waals surface area contributed by atoms with Crippen LogP contribution in [0.5, 0.6) is 5.75 Å². The van der Waals surface area contributed by atoms with Gasteiger partial charge in [0.15, 0.2) is 5.96 Å². The Bertz CT molecular complexity index is 679. The Kier molecular flexibility index (Phi) is 9.73. The normalized spacial score (nSPS) is 11.2. The maximum Gasteiger partial charge on any atom is 0.272 e. The number of ether oxygens (including phenoxy) is 1. The molecule has 0 aliphatic carbocycles. The highest BCUT2D eigenvalue weighted by atomic mass is 127. The van der Waals surface area contributed by atoms with Crippen molar-refractivity contribution in [3.05, 3.63) is 51.7 Å². The summed E-state index contributed by atoms with van der Waals surface area (Å²) in [6.45, 7) is 2.70. The molecule has 0 atom stereocenters. The van der Waals surface area contributed by atoms with E-state index in [1.54, 1.807) is 36.6 Å². The van der Waals surface area contributed by atoms with Crippen molar-refractivity contribution >= 4 is 41.3 Å². The molecule has 1 aromatic carbocycles. The highest BCUT2D eigenvalue weighted by Gasteiger charge is 2.05.